The third kappa shape index (κ3) is 5.30. The molecule has 1 N–H and O–H groups in total. The maximum atomic E-state index is 11.9. The summed E-state index contributed by atoms with van der Waals surface area (Å²) in [6.45, 7) is 5.95. The molecule has 1 aromatic carbocycles. The molecule has 1 saturated heterocycles. The Kier molecular flexibility index (Phi) is 6.02. The smallest absolute Gasteiger partial charge is 0.234 e. The van der Waals surface area contributed by atoms with Crippen LogP contribution in [-0.2, 0) is 4.79 Å². The first kappa shape index (κ1) is 16.3. The quantitative estimate of drug-likeness (QED) is 0.863. The summed E-state index contributed by atoms with van der Waals surface area (Å²) < 4.78 is 0.822. The number of nitrogens with zero attached hydrogens (tertiary/aromatic N) is 2. The zero-order valence-electron chi connectivity index (χ0n) is 12.5. The molecule has 114 valence electrons. The average Bonchev–Trinajstić information content (AvgIpc) is 2.45. The Morgan fingerprint density at radius 1 is 1.33 bits per heavy atom. The van der Waals surface area contributed by atoms with Gasteiger partial charge in [0.1, 0.15) is 4.32 Å². The third-order valence-electron chi connectivity index (χ3n) is 3.39. The van der Waals surface area contributed by atoms with Crippen molar-refractivity contribution in [3.05, 3.63) is 29.8 Å². The Hall–Kier alpha value is -1.11. The van der Waals surface area contributed by atoms with E-state index >= 15 is 0 Å². The Morgan fingerprint density at radius 3 is 2.71 bits per heavy atom. The number of piperazine rings is 1. The standard InChI is InChI=1S/C15H21N3OS2/c1-12-4-3-5-13(10-12)16-14(19)11-21-15(20)18-8-6-17(2)7-9-18/h3-5,10H,6-9,11H2,1-2H3,(H,16,19). The molecule has 0 radical (unpaired) electrons. The second-order valence-corrected chi connectivity index (χ2v) is 6.87. The summed E-state index contributed by atoms with van der Waals surface area (Å²) in [6, 6.07) is 7.80. The number of benzene rings is 1. The van der Waals surface area contributed by atoms with Crippen LogP contribution in [0.3, 0.4) is 0 Å². The summed E-state index contributed by atoms with van der Waals surface area (Å²) in [7, 11) is 2.11. The van der Waals surface area contributed by atoms with Gasteiger partial charge >= 0.3 is 0 Å². The van der Waals surface area contributed by atoms with E-state index in [1.54, 1.807) is 0 Å². The van der Waals surface area contributed by atoms with Gasteiger partial charge in [0.25, 0.3) is 0 Å². The number of carbonyl (C=O) groups excluding carboxylic acids is 1. The van der Waals surface area contributed by atoms with Crippen molar-refractivity contribution in [2.24, 2.45) is 0 Å². The van der Waals surface area contributed by atoms with Crippen LogP contribution in [0.4, 0.5) is 5.69 Å². The number of hydrogen-bond donors (Lipinski definition) is 1. The van der Waals surface area contributed by atoms with Gasteiger partial charge in [0.05, 0.1) is 5.75 Å². The molecule has 0 aromatic heterocycles. The fourth-order valence-corrected chi connectivity index (χ4v) is 3.18. The van der Waals surface area contributed by atoms with Gasteiger partial charge in [-0.3, -0.25) is 4.79 Å². The number of likely N-dealkylation sites (N-methyl/N-ethyl adjacent to an activating group) is 1. The van der Waals surface area contributed by atoms with E-state index in [0.717, 1.165) is 41.8 Å². The van der Waals surface area contributed by atoms with Crippen molar-refractivity contribution >= 4 is 39.9 Å². The highest BCUT2D eigenvalue weighted by atomic mass is 32.2. The number of aryl methyl sites for hydroxylation is 1. The van der Waals surface area contributed by atoms with E-state index in [2.05, 4.69) is 22.2 Å². The Morgan fingerprint density at radius 2 is 2.05 bits per heavy atom. The molecule has 1 fully saturated rings. The molecule has 0 atom stereocenters. The van der Waals surface area contributed by atoms with Gasteiger partial charge in [-0.25, -0.2) is 0 Å². The molecule has 21 heavy (non-hydrogen) atoms. The van der Waals surface area contributed by atoms with Crippen LogP contribution in [0.15, 0.2) is 24.3 Å². The lowest BCUT2D eigenvalue weighted by Crippen LogP contribution is -2.46. The van der Waals surface area contributed by atoms with E-state index in [1.165, 1.54) is 11.8 Å². The number of hydrogen-bond acceptors (Lipinski definition) is 4. The molecular formula is C15H21N3OS2. The molecule has 0 saturated carbocycles. The molecule has 1 aromatic rings. The molecular weight excluding hydrogens is 302 g/mol. The number of nitrogens with one attached hydrogen (secondary N) is 1. The average molecular weight is 323 g/mol. The zero-order chi connectivity index (χ0) is 15.2. The molecule has 1 aliphatic rings. The number of anilines is 1. The monoisotopic (exact) mass is 323 g/mol. The first-order valence-electron chi connectivity index (χ1n) is 7.01. The molecule has 0 bridgehead atoms. The highest BCUT2D eigenvalue weighted by Gasteiger charge is 2.17. The maximum absolute atomic E-state index is 11.9. The SMILES string of the molecule is Cc1cccc(NC(=O)CSC(=S)N2CCN(C)CC2)c1. The Bertz CT molecular complexity index is 513. The number of carbonyl (C=O) groups is 1. The van der Waals surface area contributed by atoms with E-state index in [1.807, 2.05) is 31.2 Å². The molecule has 2 rings (SSSR count). The molecule has 1 amide bonds. The van der Waals surface area contributed by atoms with E-state index in [9.17, 15) is 4.79 Å². The minimum Gasteiger partial charge on any atom is -0.355 e. The minimum atomic E-state index is -0.0120. The van der Waals surface area contributed by atoms with Crippen LogP contribution in [-0.4, -0.2) is 59.0 Å². The zero-order valence-corrected chi connectivity index (χ0v) is 14.1. The van der Waals surface area contributed by atoms with Crippen LogP contribution >= 0.6 is 24.0 Å². The highest BCUT2D eigenvalue weighted by molar-refractivity contribution is 8.23. The van der Waals surface area contributed by atoms with E-state index in [4.69, 9.17) is 12.2 Å². The van der Waals surface area contributed by atoms with Gasteiger partial charge in [-0.15, -0.1) is 0 Å². The predicted molar refractivity (Wildman–Crippen MR) is 93.9 cm³/mol. The van der Waals surface area contributed by atoms with Crippen molar-refractivity contribution in [3.8, 4) is 0 Å². The van der Waals surface area contributed by atoms with Crippen LogP contribution in [0.25, 0.3) is 0 Å². The first-order chi connectivity index (χ1) is 10.0. The summed E-state index contributed by atoms with van der Waals surface area (Å²) in [5.41, 5.74) is 1.97. The van der Waals surface area contributed by atoms with Crippen LogP contribution < -0.4 is 5.32 Å². The lowest BCUT2D eigenvalue weighted by Gasteiger charge is -2.33. The van der Waals surface area contributed by atoms with Crippen LogP contribution in [0, 0.1) is 6.92 Å². The number of rotatable bonds is 3. The van der Waals surface area contributed by atoms with Crippen LogP contribution in [0.5, 0.6) is 0 Å². The minimum absolute atomic E-state index is 0.0120. The molecule has 0 unspecified atom stereocenters. The Balaban J connectivity index is 1.75. The van der Waals surface area contributed by atoms with E-state index in [-0.39, 0.29) is 5.91 Å². The molecule has 0 spiro atoms. The lowest BCUT2D eigenvalue weighted by atomic mass is 10.2. The fraction of sp³-hybridized carbons (Fsp3) is 0.467. The van der Waals surface area contributed by atoms with Gasteiger partial charge < -0.3 is 15.1 Å². The van der Waals surface area contributed by atoms with Gasteiger partial charge in [-0.05, 0) is 31.7 Å². The summed E-state index contributed by atoms with van der Waals surface area (Å²) in [6.07, 6.45) is 0. The summed E-state index contributed by atoms with van der Waals surface area (Å²) in [5.74, 6) is 0.348. The second-order valence-electron chi connectivity index (χ2n) is 5.26. The second kappa shape index (κ2) is 7.77. The molecule has 0 aliphatic carbocycles. The number of thiocarbonyl (C=S) groups is 1. The third-order valence-corrected chi connectivity index (χ3v) is 4.91. The predicted octanol–water partition coefficient (Wildman–Crippen LogP) is 2.20. The van der Waals surface area contributed by atoms with Crippen LogP contribution in [0.1, 0.15) is 5.56 Å². The van der Waals surface area contributed by atoms with Gasteiger partial charge in [-0.1, -0.05) is 36.1 Å². The molecule has 1 heterocycles. The van der Waals surface area contributed by atoms with Crippen molar-refractivity contribution < 1.29 is 4.79 Å². The van der Waals surface area contributed by atoms with Gasteiger partial charge in [0, 0.05) is 31.9 Å². The topological polar surface area (TPSA) is 35.6 Å². The summed E-state index contributed by atoms with van der Waals surface area (Å²) in [4.78, 5) is 16.4. The van der Waals surface area contributed by atoms with Crippen molar-refractivity contribution in [1.82, 2.24) is 9.80 Å². The maximum Gasteiger partial charge on any atom is 0.234 e. The summed E-state index contributed by atoms with van der Waals surface area (Å²) >= 11 is 6.85. The van der Waals surface area contributed by atoms with Gasteiger partial charge in [-0.2, -0.15) is 0 Å². The van der Waals surface area contributed by atoms with E-state index < -0.39 is 0 Å². The van der Waals surface area contributed by atoms with Gasteiger partial charge in [0.15, 0.2) is 0 Å². The first-order valence-corrected chi connectivity index (χ1v) is 8.41. The van der Waals surface area contributed by atoms with Crippen molar-refractivity contribution in [3.63, 3.8) is 0 Å². The molecule has 1 aliphatic heterocycles. The van der Waals surface area contributed by atoms with Gasteiger partial charge in [0.2, 0.25) is 5.91 Å². The molecule has 4 nitrogen and oxygen atoms in total. The number of thioether (sulfide) groups is 1. The largest absolute Gasteiger partial charge is 0.355 e. The number of amides is 1. The van der Waals surface area contributed by atoms with E-state index in [0.29, 0.717) is 5.75 Å². The van der Waals surface area contributed by atoms with Crippen molar-refractivity contribution in [1.29, 1.82) is 0 Å². The highest BCUT2D eigenvalue weighted by Crippen LogP contribution is 2.14. The van der Waals surface area contributed by atoms with Crippen molar-refractivity contribution in [2.45, 2.75) is 6.92 Å². The normalized spacial score (nSPS) is 15.8. The fourth-order valence-electron chi connectivity index (χ4n) is 2.13. The van der Waals surface area contributed by atoms with Crippen LogP contribution in [0.2, 0.25) is 0 Å². The summed E-state index contributed by atoms with van der Waals surface area (Å²) in [5, 5.41) is 2.90. The molecule has 6 heteroatoms. The lowest BCUT2D eigenvalue weighted by molar-refractivity contribution is -0.113. The Labute approximate surface area is 135 Å². The van der Waals surface area contributed by atoms with Crippen molar-refractivity contribution in [2.75, 3.05) is 44.3 Å².